The third-order valence-corrected chi connectivity index (χ3v) is 4.16. The van der Waals surface area contributed by atoms with Crippen molar-refractivity contribution in [1.82, 2.24) is 9.80 Å². The second-order valence-corrected chi connectivity index (χ2v) is 5.68. The molecule has 0 saturated carbocycles. The number of carbonyl (C=O) groups excluding carboxylic acids is 2. The van der Waals surface area contributed by atoms with Crippen molar-refractivity contribution >= 4 is 17.8 Å². The smallest absolute Gasteiger partial charge is 0.303 e. The lowest BCUT2D eigenvalue weighted by molar-refractivity contribution is -0.139. The van der Waals surface area contributed by atoms with Crippen LogP contribution in [0.3, 0.4) is 0 Å². The van der Waals surface area contributed by atoms with Gasteiger partial charge < -0.3 is 10.0 Å². The number of piperidine rings is 1. The average Bonchev–Trinajstić information content (AvgIpc) is 2.74. The minimum Gasteiger partial charge on any atom is -0.481 e. The van der Waals surface area contributed by atoms with E-state index in [4.69, 9.17) is 5.11 Å². The van der Waals surface area contributed by atoms with Crippen LogP contribution in [0.2, 0.25) is 0 Å². The van der Waals surface area contributed by atoms with Crippen molar-refractivity contribution in [2.24, 2.45) is 5.92 Å². The number of amides is 2. The maximum absolute atomic E-state index is 11.5. The molecule has 20 heavy (non-hydrogen) atoms. The van der Waals surface area contributed by atoms with Gasteiger partial charge in [-0.05, 0) is 31.7 Å². The third kappa shape index (κ3) is 4.03. The first-order chi connectivity index (χ1) is 9.56. The summed E-state index contributed by atoms with van der Waals surface area (Å²) >= 11 is 0. The molecule has 6 nitrogen and oxygen atoms in total. The number of carboxylic acid groups (broad SMARTS) is 1. The fraction of sp³-hybridized carbons (Fsp3) is 0.786. The number of carbonyl (C=O) groups is 3. The van der Waals surface area contributed by atoms with Crippen molar-refractivity contribution in [3.8, 4) is 0 Å². The molecule has 1 N–H and O–H groups in total. The summed E-state index contributed by atoms with van der Waals surface area (Å²) in [4.78, 5) is 37.2. The number of hydrogen-bond donors (Lipinski definition) is 1. The highest BCUT2D eigenvalue weighted by Crippen LogP contribution is 2.21. The first-order valence-corrected chi connectivity index (χ1v) is 7.33. The van der Waals surface area contributed by atoms with Gasteiger partial charge in [0.25, 0.3) is 0 Å². The molecule has 0 spiro atoms. The van der Waals surface area contributed by atoms with Crippen molar-refractivity contribution in [2.75, 3.05) is 26.2 Å². The zero-order valence-corrected chi connectivity index (χ0v) is 11.7. The molecular formula is C14H22N2O4. The summed E-state index contributed by atoms with van der Waals surface area (Å²) in [5.41, 5.74) is 0. The van der Waals surface area contributed by atoms with Crippen molar-refractivity contribution in [2.45, 2.75) is 38.5 Å². The average molecular weight is 282 g/mol. The Hall–Kier alpha value is -1.43. The molecule has 2 aliphatic rings. The van der Waals surface area contributed by atoms with E-state index in [1.165, 1.54) is 4.90 Å². The lowest BCUT2D eigenvalue weighted by Crippen LogP contribution is -2.42. The van der Waals surface area contributed by atoms with Crippen LogP contribution in [0.25, 0.3) is 0 Å². The van der Waals surface area contributed by atoms with Gasteiger partial charge in [-0.15, -0.1) is 0 Å². The first-order valence-electron chi connectivity index (χ1n) is 7.33. The standard InChI is InChI=1S/C14H22N2O4/c17-12-4-5-13(18)16(12)9-8-15-7-1-2-11(10-15)3-6-14(19)20/h11H,1-10H2,(H,19,20). The number of nitrogens with zero attached hydrogens (tertiary/aromatic N) is 2. The van der Waals surface area contributed by atoms with Crippen molar-refractivity contribution < 1.29 is 19.5 Å². The van der Waals surface area contributed by atoms with Gasteiger partial charge in [0, 0.05) is 38.9 Å². The summed E-state index contributed by atoms with van der Waals surface area (Å²) in [5, 5.41) is 8.72. The summed E-state index contributed by atoms with van der Waals surface area (Å²) < 4.78 is 0. The highest BCUT2D eigenvalue weighted by atomic mass is 16.4. The fourth-order valence-electron chi connectivity index (χ4n) is 3.03. The van der Waals surface area contributed by atoms with Gasteiger partial charge in [0.1, 0.15) is 0 Å². The monoisotopic (exact) mass is 282 g/mol. The predicted octanol–water partition coefficient (Wildman–Crippen LogP) is 0.712. The molecule has 0 aromatic rings. The Labute approximate surface area is 118 Å². The summed E-state index contributed by atoms with van der Waals surface area (Å²) in [7, 11) is 0. The Morgan fingerprint density at radius 2 is 1.90 bits per heavy atom. The van der Waals surface area contributed by atoms with E-state index in [1.54, 1.807) is 0 Å². The van der Waals surface area contributed by atoms with E-state index < -0.39 is 5.97 Å². The predicted molar refractivity (Wildman–Crippen MR) is 72.0 cm³/mol. The molecule has 112 valence electrons. The molecule has 0 aliphatic carbocycles. The maximum atomic E-state index is 11.5. The van der Waals surface area contributed by atoms with Gasteiger partial charge in [0.05, 0.1) is 0 Å². The van der Waals surface area contributed by atoms with E-state index >= 15 is 0 Å². The van der Waals surface area contributed by atoms with Gasteiger partial charge in [0.15, 0.2) is 0 Å². The lowest BCUT2D eigenvalue weighted by Gasteiger charge is -2.33. The van der Waals surface area contributed by atoms with E-state index in [1.807, 2.05) is 0 Å². The fourth-order valence-corrected chi connectivity index (χ4v) is 3.03. The van der Waals surface area contributed by atoms with E-state index in [0.717, 1.165) is 25.9 Å². The molecule has 0 bridgehead atoms. The largest absolute Gasteiger partial charge is 0.481 e. The van der Waals surface area contributed by atoms with Crippen LogP contribution in [0.1, 0.15) is 38.5 Å². The Balaban J connectivity index is 1.74. The van der Waals surface area contributed by atoms with Gasteiger partial charge in [-0.1, -0.05) is 0 Å². The molecule has 1 atom stereocenters. The second-order valence-electron chi connectivity index (χ2n) is 5.68. The highest BCUT2D eigenvalue weighted by molar-refractivity contribution is 6.01. The van der Waals surface area contributed by atoms with Crippen molar-refractivity contribution in [3.63, 3.8) is 0 Å². The Morgan fingerprint density at radius 1 is 1.20 bits per heavy atom. The number of rotatable bonds is 6. The zero-order chi connectivity index (χ0) is 14.5. The zero-order valence-electron chi connectivity index (χ0n) is 11.7. The number of likely N-dealkylation sites (tertiary alicyclic amines) is 2. The van der Waals surface area contributed by atoms with Crippen LogP contribution in [-0.4, -0.2) is 58.9 Å². The number of imide groups is 1. The van der Waals surface area contributed by atoms with Crippen LogP contribution in [0, 0.1) is 5.92 Å². The first kappa shape index (κ1) is 15.0. The minimum atomic E-state index is -0.740. The normalized spacial score (nSPS) is 24.4. The van der Waals surface area contributed by atoms with Gasteiger partial charge in [-0.2, -0.15) is 0 Å². The number of hydrogen-bond acceptors (Lipinski definition) is 4. The minimum absolute atomic E-state index is 0.0607. The van der Waals surface area contributed by atoms with Gasteiger partial charge in [-0.3, -0.25) is 19.3 Å². The second kappa shape index (κ2) is 6.83. The lowest BCUT2D eigenvalue weighted by atomic mass is 9.93. The molecule has 2 amide bonds. The summed E-state index contributed by atoms with van der Waals surface area (Å²) in [6.45, 7) is 3.04. The van der Waals surface area contributed by atoms with Crippen LogP contribution in [-0.2, 0) is 14.4 Å². The summed E-state index contributed by atoms with van der Waals surface area (Å²) in [6, 6.07) is 0. The quantitative estimate of drug-likeness (QED) is 0.726. The van der Waals surface area contributed by atoms with Gasteiger partial charge in [-0.25, -0.2) is 0 Å². The number of aliphatic carboxylic acids is 1. The van der Waals surface area contributed by atoms with Crippen LogP contribution >= 0.6 is 0 Å². The molecule has 2 aliphatic heterocycles. The molecule has 6 heteroatoms. The Morgan fingerprint density at radius 3 is 2.55 bits per heavy atom. The third-order valence-electron chi connectivity index (χ3n) is 4.16. The van der Waals surface area contributed by atoms with E-state index in [0.29, 0.717) is 38.3 Å². The topological polar surface area (TPSA) is 77.9 Å². The maximum Gasteiger partial charge on any atom is 0.303 e. The van der Waals surface area contributed by atoms with Crippen LogP contribution < -0.4 is 0 Å². The van der Waals surface area contributed by atoms with Crippen LogP contribution in [0.4, 0.5) is 0 Å². The summed E-state index contributed by atoms with van der Waals surface area (Å²) in [6.07, 6.45) is 3.77. The number of carboxylic acids is 1. The molecule has 0 radical (unpaired) electrons. The molecule has 2 fully saturated rings. The molecule has 1 unspecified atom stereocenters. The molecule has 2 rings (SSSR count). The highest BCUT2D eigenvalue weighted by Gasteiger charge is 2.29. The molecule has 0 aromatic heterocycles. The van der Waals surface area contributed by atoms with Gasteiger partial charge in [0.2, 0.25) is 11.8 Å². The van der Waals surface area contributed by atoms with Crippen molar-refractivity contribution in [3.05, 3.63) is 0 Å². The van der Waals surface area contributed by atoms with Crippen molar-refractivity contribution in [1.29, 1.82) is 0 Å². The Bertz CT molecular complexity index is 381. The van der Waals surface area contributed by atoms with E-state index in [2.05, 4.69) is 4.90 Å². The molecule has 0 aromatic carbocycles. The van der Waals surface area contributed by atoms with Gasteiger partial charge >= 0.3 is 5.97 Å². The SMILES string of the molecule is O=C(O)CCC1CCCN(CCN2C(=O)CCC2=O)C1. The molecule has 2 heterocycles. The van der Waals surface area contributed by atoms with Crippen LogP contribution in [0.15, 0.2) is 0 Å². The van der Waals surface area contributed by atoms with E-state index in [-0.39, 0.29) is 18.2 Å². The van der Waals surface area contributed by atoms with Crippen LogP contribution in [0.5, 0.6) is 0 Å². The van der Waals surface area contributed by atoms with E-state index in [9.17, 15) is 14.4 Å². The molecular weight excluding hydrogens is 260 g/mol. The Kier molecular flexibility index (Phi) is 5.11. The summed E-state index contributed by atoms with van der Waals surface area (Å²) in [5.74, 6) is -0.441. The molecule has 2 saturated heterocycles.